The first-order valence-corrected chi connectivity index (χ1v) is 6.86. The van der Waals surface area contributed by atoms with Crippen LogP contribution >= 0.6 is 0 Å². The van der Waals surface area contributed by atoms with E-state index in [9.17, 15) is 14.7 Å². The molecule has 4 heteroatoms. The lowest BCUT2D eigenvalue weighted by Crippen LogP contribution is -2.44. The number of nitrogens with zero attached hydrogens (tertiary/aromatic N) is 1. The summed E-state index contributed by atoms with van der Waals surface area (Å²) in [6, 6.07) is -0.476. The number of amides is 1. The Morgan fingerprint density at radius 1 is 1.53 bits per heavy atom. The molecule has 0 bridgehead atoms. The van der Waals surface area contributed by atoms with Crippen LogP contribution in [0, 0.1) is 11.3 Å². The van der Waals surface area contributed by atoms with E-state index >= 15 is 0 Å². The predicted molar refractivity (Wildman–Crippen MR) is 74.6 cm³/mol. The molecule has 1 heterocycles. The molecular weight excluding hydrogens is 242 g/mol. The molecule has 1 amide bonds. The number of hydrogen-bond acceptors (Lipinski definition) is 3. The van der Waals surface area contributed by atoms with Gasteiger partial charge in [-0.25, -0.2) is 0 Å². The highest BCUT2D eigenvalue weighted by Crippen LogP contribution is 2.33. The van der Waals surface area contributed by atoms with E-state index in [0.29, 0.717) is 6.42 Å². The second-order valence-electron chi connectivity index (χ2n) is 6.37. The van der Waals surface area contributed by atoms with E-state index in [2.05, 4.69) is 6.58 Å². The van der Waals surface area contributed by atoms with Gasteiger partial charge in [-0.15, -0.1) is 6.58 Å². The summed E-state index contributed by atoms with van der Waals surface area (Å²) >= 11 is 0. The maximum absolute atomic E-state index is 12.6. The summed E-state index contributed by atoms with van der Waals surface area (Å²) in [7, 11) is 0. The second kappa shape index (κ2) is 6.33. The van der Waals surface area contributed by atoms with Gasteiger partial charge >= 0.3 is 0 Å². The van der Waals surface area contributed by atoms with Crippen LogP contribution in [0.15, 0.2) is 12.7 Å². The Morgan fingerprint density at radius 3 is 2.63 bits per heavy atom. The molecular formula is C15H25NO3. The number of aliphatic hydroxyl groups is 1. The number of likely N-dealkylation sites (tertiary alicyclic amines) is 1. The highest BCUT2D eigenvalue weighted by Gasteiger charge is 2.40. The molecule has 0 saturated carbocycles. The maximum atomic E-state index is 12.6. The Labute approximate surface area is 115 Å². The van der Waals surface area contributed by atoms with E-state index < -0.39 is 12.1 Å². The topological polar surface area (TPSA) is 57.6 Å². The molecule has 0 aliphatic carbocycles. The normalized spacial score (nSPS) is 25.2. The molecule has 3 unspecified atom stereocenters. The zero-order valence-corrected chi connectivity index (χ0v) is 12.1. The van der Waals surface area contributed by atoms with Crippen LogP contribution in [0.3, 0.4) is 0 Å². The number of aliphatic hydroxyl groups excluding tert-OH is 1. The summed E-state index contributed by atoms with van der Waals surface area (Å²) in [5, 5.41) is 9.64. The molecule has 1 aliphatic rings. The molecule has 1 fully saturated rings. The summed E-state index contributed by atoms with van der Waals surface area (Å²) in [5.74, 6) is -0.179. The van der Waals surface area contributed by atoms with Crippen molar-refractivity contribution in [2.24, 2.45) is 11.3 Å². The minimum absolute atomic E-state index is 0.0250. The van der Waals surface area contributed by atoms with E-state index in [1.165, 1.54) is 4.90 Å². The van der Waals surface area contributed by atoms with Crippen LogP contribution in [0.2, 0.25) is 0 Å². The van der Waals surface area contributed by atoms with Crippen LogP contribution in [-0.2, 0) is 9.59 Å². The van der Waals surface area contributed by atoms with Crippen molar-refractivity contribution in [1.82, 2.24) is 4.90 Å². The summed E-state index contributed by atoms with van der Waals surface area (Å²) in [6.45, 7) is 10.0. The molecule has 0 radical (unpaired) electrons. The minimum atomic E-state index is -0.584. The van der Waals surface area contributed by atoms with Crippen molar-refractivity contribution < 1.29 is 14.7 Å². The van der Waals surface area contributed by atoms with Gasteiger partial charge in [-0.2, -0.15) is 0 Å². The lowest BCUT2D eigenvalue weighted by molar-refractivity contribution is -0.142. The first-order valence-electron chi connectivity index (χ1n) is 6.86. The van der Waals surface area contributed by atoms with E-state index in [1.807, 2.05) is 26.8 Å². The minimum Gasteiger partial charge on any atom is -0.391 e. The van der Waals surface area contributed by atoms with Gasteiger partial charge in [0.1, 0.15) is 6.29 Å². The number of hydrogen-bond donors (Lipinski definition) is 1. The lowest BCUT2D eigenvalue weighted by Gasteiger charge is -2.34. The number of aldehydes is 1. The number of carbonyl (C=O) groups is 2. The molecule has 108 valence electrons. The fraction of sp³-hybridized carbons (Fsp3) is 0.733. The Kier molecular flexibility index (Phi) is 5.29. The van der Waals surface area contributed by atoms with Gasteiger partial charge in [0.15, 0.2) is 0 Å². The van der Waals surface area contributed by atoms with Gasteiger partial charge in [0.25, 0.3) is 0 Å². The third kappa shape index (κ3) is 3.90. The van der Waals surface area contributed by atoms with Crippen molar-refractivity contribution in [2.45, 2.75) is 52.2 Å². The molecule has 3 atom stereocenters. The fourth-order valence-corrected chi connectivity index (χ4v) is 2.64. The molecule has 4 nitrogen and oxygen atoms in total. The van der Waals surface area contributed by atoms with Gasteiger partial charge in [0.2, 0.25) is 5.91 Å². The van der Waals surface area contributed by atoms with Gasteiger partial charge in [-0.3, -0.25) is 4.79 Å². The Morgan fingerprint density at radius 2 is 2.16 bits per heavy atom. The van der Waals surface area contributed by atoms with Crippen molar-refractivity contribution >= 4 is 12.2 Å². The SMILES string of the molecule is C=CCCC(C(=O)N1CC(O)CC1C=O)C(C)(C)C. The van der Waals surface area contributed by atoms with Crippen molar-refractivity contribution in [2.75, 3.05) is 6.54 Å². The predicted octanol–water partition coefficient (Wildman–Crippen LogP) is 1.78. The van der Waals surface area contributed by atoms with Crippen LogP contribution in [0.25, 0.3) is 0 Å². The van der Waals surface area contributed by atoms with Crippen LogP contribution < -0.4 is 0 Å². The van der Waals surface area contributed by atoms with Gasteiger partial charge < -0.3 is 14.8 Å². The number of β-amino-alcohol motifs (C(OH)–C–C–N with tert-alkyl or cyclic N) is 1. The molecule has 1 aliphatic heterocycles. The second-order valence-corrected chi connectivity index (χ2v) is 6.37. The lowest BCUT2D eigenvalue weighted by atomic mass is 9.77. The third-order valence-corrected chi connectivity index (χ3v) is 3.76. The smallest absolute Gasteiger partial charge is 0.226 e. The largest absolute Gasteiger partial charge is 0.391 e. The van der Waals surface area contributed by atoms with Crippen LogP contribution in [0.1, 0.15) is 40.0 Å². The molecule has 0 aromatic carbocycles. The first-order chi connectivity index (χ1) is 8.81. The first kappa shape index (κ1) is 15.9. The molecule has 0 spiro atoms. The molecule has 19 heavy (non-hydrogen) atoms. The van der Waals surface area contributed by atoms with Crippen LogP contribution in [-0.4, -0.2) is 40.9 Å². The quantitative estimate of drug-likeness (QED) is 0.610. The molecule has 0 aromatic heterocycles. The number of rotatable bonds is 5. The van der Waals surface area contributed by atoms with E-state index in [-0.39, 0.29) is 23.8 Å². The molecule has 1 saturated heterocycles. The maximum Gasteiger partial charge on any atom is 0.226 e. The van der Waals surface area contributed by atoms with Gasteiger partial charge in [0.05, 0.1) is 12.1 Å². The Balaban J connectivity index is 2.86. The highest BCUT2D eigenvalue weighted by atomic mass is 16.3. The summed E-state index contributed by atoms with van der Waals surface area (Å²) in [5.41, 5.74) is -0.166. The monoisotopic (exact) mass is 267 g/mol. The van der Waals surface area contributed by atoms with Crippen LogP contribution in [0.5, 0.6) is 0 Å². The fourth-order valence-electron chi connectivity index (χ4n) is 2.64. The van der Waals surface area contributed by atoms with Crippen molar-refractivity contribution in [3.8, 4) is 0 Å². The van der Waals surface area contributed by atoms with Gasteiger partial charge in [0, 0.05) is 18.9 Å². The van der Waals surface area contributed by atoms with Crippen molar-refractivity contribution in [3.63, 3.8) is 0 Å². The van der Waals surface area contributed by atoms with Crippen molar-refractivity contribution in [3.05, 3.63) is 12.7 Å². The van der Waals surface area contributed by atoms with Crippen LogP contribution in [0.4, 0.5) is 0 Å². The standard InChI is InChI=1S/C15H25NO3/c1-5-6-7-13(15(2,3)4)14(19)16-9-12(18)8-11(16)10-17/h5,10-13,18H,1,6-9H2,2-4H3. The average molecular weight is 267 g/mol. The third-order valence-electron chi connectivity index (χ3n) is 3.76. The van der Waals surface area contributed by atoms with Gasteiger partial charge in [-0.05, 0) is 18.3 Å². The summed E-state index contributed by atoms with van der Waals surface area (Å²) in [4.78, 5) is 25.2. The Hall–Kier alpha value is -1.16. The highest BCUT2D eigenvalue weighted by molar-refractivity contribution is 5.83. The summed E-state index contributed by atoms with van der Waals surface area (Å²) in [6.07, 6.45) is 3.84. The van der Waals surface area contributed by atoms with E-state index in [1.54, 1.807) is 0 Å². The average Bonchev–Trinajstić information content (AvgIpc) is 2.69. The molecule has 0 aromatic rings. The van der Waals surface area contributed by atoms with Gasteiger partial charge in [-0.1, -0.05) is 26.8 Å². The molecule has 1 rings (SSSR count). The number of carbonyl (C=O) groups excluding carboxylic acids is 2. The zero-order valence-electron chi connectivity index (χ0n) is 12.1. The van der Waals surface area contributed by atoms with E-state index in [0.717, 1.165) is 19.1 Å². The van der Waals surface area contributed by atoms with E-state index in [4.69, 9.17) is 0 Å². The molecule has 1 N–H and O–H groups in total. The number of allylic oxidation sites excluding steroid dienone is 1. The zero-order chi connectivity index (χ0) is 14.6. The summed E-state index contributed by atoms with van der Waals surface area (Å²) < 4.78 is 0. The van der Waals surface area contributed by atoms with Crippen molar-refractivity contribution in [1.29, 1.82) is 0 Å². The Bertz CT molecular complexity index is 346.